The second-order valence-corrected chi connectivity index (χ2v) is 9.88. The molecule has 4 rings (SSSR count). The van der Waals surface area contributed by atoms with Gasteiger partial charge in [-0.15, -0.1) is 0 Å². The number of methoxy groups -OCH3 is 2. The van der Waals surface area contributed by atoms with E-state index in [1.807, 2.05) is 41.3 Å². The molecule has 5 nitrogen and oxygen atoms in total. The lowest BCUT2D eigenvalue weighted by atomic mass is 9.90. The van der Waals surface area contributed by atoms with Crippen LogP contribution in [0.4, 0.5) is 10.5 Å². The fraction of sp³-hybridized carbons (Fsp3) is 0.458. The Morgan fingerprint density at radius 3 is 2.39 bits per heavy atom. The van der Waals surface area contributed by atoms with Crippen molar-refractivity contribution in [2.24, 2.45) is 5.92 Å². The predicted molar refractivity (Wildman–Crippen MR) is 128 cm³/mol. The zero-order chi connectivity index (χ0) is 21.8. The van der Waals surface area contributed by atoms with Crippen LogP contribution in [0.3, 0.4) is 0 Å². The van der Waals surface area contributed by atoms with E-state index in [2.05, 4.69) is 11.0 Å². The van der Waals surface area contributed by atoms with Crippen molar-refractivity contribution in [2.45, 2.75) is 24.5 Å². The number of rotatable bonds is 7. The number of carbonyl (C=O) groups excluding carboxylic acids is 1. The first kappa shape index (κ1) is 22.3. The van der Waals surface area contributed by atoms with Gasteiger partial charge in [0.15, 0.2) is 0 Å². The maximum atomic E-state index is 12.5. The van der Waals surface area contributed by atoms with E-state index in [1.165, 1.54) is 17.3 Å². The smallest absolute Gasteiger partial charge is 0.286 e. The number of halogens is 1. The van der Waals surface area contributed by atoms with Crippen molar-refractivity contribution < 1.29 is 14.3 Å². The van der Waals surface area contributed by atoms with Crippen LogP contribution in [-0.2, 0) is 6.42 Å². The molecule has 2 saturated heterocycles. The minimum Gasteiger partial charge on any atom is -0.497 e. The molecule has 7 heteroatoms. The Balaban J connectivity index is 1.27. The van der Waals surface area contributed by atoms with E-state index in [0.717, 1.165) is 67.7 Å². The van der Waals surface area contributed by atoms with E-state index in [9.17, 15) is 4.79 Å². The molecule has 2 aromatic carbocycles. The fourth-order valence-corrected chi connectivity index (χ4v) is 5.69. The molecule has 166 valence electrons. The van der Waals surface area contributed by atoms with Gasteiger partial charge in [0.05, 0.1) is 14.2 Å². The van der Waals surface area contributed by atoms with Gasteiger partial charge in [-0.05, 0) is 86.3 Å². The Kier molecular flexibility index (Phi) is 7.31. The van der Waals surface area contributed by atoms with Gasteiger partial charge < -0.3 is 19.3 Å². The number of nitrogens with zero attached hydrogens (tertiary/aromatic N) is 2. The van der Waals surface area contributed by atoms with Gasteiger partial charge >= 0.3 is 0 Å². The number of thioether (sulfide) groups is 1. The van der Waals surface area contributed by atoms with Crippen molar-refractivity contribution in [3.63, 3.8) is 0 Å². The zero-order valence-electron chi connectivity index (χ0n) is 18.1. The first-order valence-corrected chi connectivity index (χ1v) is 12.0. The first-order chi connectivity index (χ1) is 15.1. The highest BCUT2D eigenvalue weighted by Gasteiger charge is 2.33. The topological polar surface area (TPSA) is 42.0 Å². The SMILES string of the molecule is COc1ccc(N2CC(CN3CCC(Cc4cc(OC)ccc4Cl)CC3)SC2=O)cc1. The van der Waals surface area contributed by atoms with Crippen LogP contribution >= 0.6 is 23.4 Å². The van der Waals surface area contributed by atoms with E-state index in [4.69, 9.17) is 21.1 Å². The second-order valence-electron chi connectivity index (χ2n) is 8.22. The molecule has 2 aliphatic heterocycles. The molecule has 0 radical (unpaired) electrons. The van der Waals surface area contributed by atoms with Gasteiger partial charge in [0.2, 0.25) is 0 Å². The van der Waals surface area contributed by atoms with Crippen LogP contribution in [0.2, 0.25) is 5.02 Å². The van der Waals surface area contributed by atoms with Crippen LogP contribution in [0.15, 0.2) is 42.5 Å². The lowest BCUT2D eigenvalue weighted by molar-refractivity contribution is 0.185. The Hall–Kier alpha value is -1.89. The van der Waals surface area contributed by atoms with E-state index in [0.29, 0.717) is 11.2 Å². The van der Waals surface area contributed by atoms with Crippen LogP contribution in [0.25, 0.3) is 0 Å². The Labute approximate surface area is 193 Å². The molecular weight excluding hydrogens is 432 g/mol. The maximum Gasteiger partial charge on any atom is 0.286 e. The quantitative estimate of drug-likeness (QED) is 0.556. The predicted octanol–water partition coefficient (Wildman–Crippen LogP) is 5.35. The van der Waals surface area contributed by atoms with E-state index in [-0.39, 0.29) is 5.24 Å². The molecule has 0 aliphatic carbocycles. The third-order valence-corrected chi connectivity index (χ3v) is 7.61. The minimum atomic E-state index is 0.137. The molecule has 1 amide bonds. The molecule has 0 aromatic heterocycles. The average molecular weight is 461 g/mol. The van der Waals surface area contributed by atoms with Gasteiger partial charge in [-0.2, -0.15) is 0 Å². The van der Waals surface area contributed by atoms with Crippen LogP contribution in [0.5, 0.6) is 11.5 Å². The molecule has 1 atom stereocenters. The number of hydrogen-bond donors (Lipinski definition) is 0. The summed E-state index contributed by atoms with van der Waals surface area (Å²) in [7, 11) is 3.34. The number of ether oxygens (including phenoxy) is 2. The molecule has 2 aromatic rings. The number of amides is 1. The molecule has 0 saturated carbocycles. The summed E-state index contributed by atoms with van der Waals surface area (Å²) < 4.78 is 10.6. The largest absolute Gasteiger partial charge is 0.497 e. The number of anilines is 1. The number of benzene rings is 2. The number of carbonyl (C=O) groups is 1. The van der Waals surface area contributed by atoms with Gasteiger partial charge in [0.1, 0.15) is 11.5 Å². The molecule has 2 heterocycles. The lowest BCUT2D eigenvalue weighted by Crippen LogP contribution is -2.39. The third-order valence-electron chi connectivity index (χ3n) is 6.19. The highest BCUT2D eigenvalue weighted by Crippen LogP contribution is 2.33. The van der Waals surface area contributed by atoms with Crippen molar-refractivity contribution in [1.29, 1.82) is 0 Å². The summed E-state index contributed by atoms with van der Waals surface area (Å²) in [4.78, 5) is 16.9. The second kappa shape index (κ2) is 10.2. The maximum absolute atomic E-state index is 12.5. The Bertz CT molecular complexity index is 900. The molecule has 0 N–H and O–H groups in total. The molecule has 2 aliphatic rings. The summed E-state index contributed by atoms with van der Waals surface area (Å²) in [6.07, 6.45) is 3.30. The monoisotopic (exact) mass is 460 g/mol. The highest BCUT2D eigenvalue weighted by molar-refractivity contribution is 8.14. The molecule has 0 spiro atoms. The highest BCUT2D eigenvalue weighted by atomic mass is 35.5. The summed E-state index contributed by atoms with van der Waals surface area (Å²) in [6.45, 7) is 3.85. The molecule has 31 heavy (non-hydrogen) atoms. The van der Waals surface area contributed by atoms with Crippen LogP contribution in [0, 0.1) is 5.92 Å². The molecule has 2 fully saturated rings. The number of piperidine rings is 1. The van der Waals surface area contributed by atoms with Gasteiger partial charge in [-0.1, -0.05) is 23.4 Å². The normalized spacial score (nSPS) is 20.3. The van der Waals surface area contributed by atoms with E-state index in [1.54, 1.807) is 14.2 Å². The van der Waals surface area contributed by atoms with Crippen molar-refractivity contribution in [3.8, 4) is 11.5 Å². The molecule has 0 bridgehead atoms. The molecular formula is C24H29ClN2O3S. The average Bonchev–Trinajstić information content (AvgIpc) is 3.16. The number of likely N-dealkylation sites (tertiary alicyclic amines) is 1. The minimum absolute atomic E-state index is 0.137. The summed E-state index contributed by atoms with van der Waals surface area (Å²) in [5, 5.41) is 1.26. The van der Waals surface area contributed by atoms with Crippen molar-refractivity contribution in [3.05, 3.63) is 53.1 Å². The summed E-state index contributed by atoms with van der Waals surface area (Å²) in [5.41, 5.74) is 2.11. The standard InChI is InChI=1S/C24H29ClN2O3S/c1-29-20-5-3-19(4-6-20)27-16-22(31-24(27)28)15-26-11-9-17(10-12-26)13-18-14-21(30-2)7-8-23(18)25/h3-8,14,17,22H,9-13,15-16H2,1-2H3. The lowest BCUT2D eigenvalue weighted by Gasteiger charge is -2.33. The zero-order valence-corrected chi connectivity index (χ0v) is 19.6. The summed E-state index contributed by atoms with van der Waals surface area (Å²) in [6, 6.07) is 13.6. The van der Waals surface area contributed by atoms with Gasteiger partial charge in [-0.25, -0.2) is 0 Å². The Morgan fingerprint density at radius 1 is 1.03 bits per heavy atom. The van der Waals surface area contributed by atoms with Crippen LogP contribution in [-0.4, -0.2) is 55.8 Å². The van der Waals surface area contributed by atoms with Crippen LogP contribution in [0.1, 0.15) is 18.4 Å². The van der Waals surface area contributed by atoms with Crippen LogP contribution < -0.4 is 14.4 Å². The van der Waals surface area contributed by atoms with Gasteiger partial charge in [-0.3, -0.25) is 4.79 Å². The van der Waals surface area contributed by atoms with E-state index >= 15 is 0 Å². The van der Waals surface area contributed by atoms with Crippen molar-refractivity contribution in [2.75, 3.05) is 45.3 Å². The summed E-state index contributed by atoms with van der Waals surface area (Å²) in [5.74, 6) is 2.30. The first-order valence-electron chi connectivity index (χ1n) is 10.7. The molecule has 1 unspecified atom stereocenters. The Morgan fingerprint density at radius 2 is 1.71 bits per heavy atom. The fourth-order valence-electron chi connectivity index (χ4n) is 4.40. The van der Waals surface area contributed by atoms with Gasteiger partial charge in [0, 0.05) is 29.0 Å². The van der Waals surface area contributed by atoms with E-state index < -0.39 is 0 Å². The third kappa shape index (κ3) is 5.48. The van der Waals surface area contributed by atoms with Gasteiger partial charge in [0.25, 0.3) is 5.24 Å². The van der Waals surface area contributed by atoms with Crippen molar-refractivity contribution >= 4 is 34.3 Å². The van der Waals surface area contributed by atoms with Crippen molar-refractivity contribution in [1.82, 2.24) is 4.90 Å². The number of hydrogen-bond acceptors (Lipinski definition) is 5. The summed E-state index contributed by atoms with van der Waals surface area (Å²) >= 11 is 7.86.